The molecule has 1 heterocycles. The van der Waals surface area contributed by atoms with Crippen LogP contribution in [0.3, 0.4) is 0 Å². The van der Waals surface area contributed by atoms with E-state index in [-0.39, 0.29) is 5.02 Å². The number of hydrogen-bond donors (Lipinski definition) is 1. The van der Waals surface area contributed by atoms with Gasteiger partial charge in [0.1, 0.15) is 5.82 Å². The van der Waals surface area contributed by atoms with Gasteiger partial charge in [0, 0.05) is 12.7 Å². The van der Waals surface area contributed by atoms with Crippen molar-refractivity contribution in [2.75, 3.05) is 11.9 Å². The van der Waals surface area contributed by atoms with Crippen molar-refractivity contribution in [1.82, 2.24) is 9.55 Å². The van der Waals surface area contributed by atoms with Crippen LogP contribution in [0.15, 0.2) is 24.4 Å². The summed E-state index contributed by atoms with van der Waals surface area (Å²) in [4.78, 5) is 4.34. The van der Waals surface area contributed by atoms with Crippen LogP contribution in [-0.4, -0.2) is 16.1 Å². The van der Waals surface area contributed by atoms with Gasteiger partial charge < -0.3 is 5.32 Å². The fourth-order valence-corrected chi connectivity index (χ4v) is 1.79. The number of benzene rings is 1. The predicted molar refractivity (Wildman–Crippen MR) is 67.4 cm³/mol. The molecule has 0 saturated carbocycles. The van der Waals surface area contributed by atoms with E-state index in [2.05, 4.69) is 10.3 Å². The molecule has 0 fully saturated rings. The van der Waals surface area contributed by atoms with Gasteiger partial charge in [0.15, 0.2) is 0 Å². The van der Waals surface area contributed by atoms with Crippen molar-refractivity contribution in [3.05, 3.63) is 40.9 Å². The van der Waals surface area contributed by atoms with Gasteiger partial charge in [0.2, 0.25) is 5.95 Å². The number of hydrogen-bond acceptors (Lipinski definition) is 2. The smallest absolute Gasteiger partial charge is 0.207 e. The van der Waals surface area contributed by atoms with Gasteiger partial charge in [0.05, 0.1) is 16.4 Å². The third-order valence-electron chi connectivity index (χ3n) is 2.34. The van der Waals surface area contributed by atoms with Crippen LogP contribution in [-0.2, 0) is 0 Å². The Hall–Kier alpha value is -1.55. The maximum atomic E-state index is 13.1. The van der Waals surface area contributed by atoms with E-state index in [0.29, 0.717) is 0 Å². The van der Waals surface area contributed by atoms with Crippen molar-refractivity contribution in [2.24, 2.45) is 0 Å². The first-order chi connectivity index (χ1) is 8.11. The summed E-state index contributed by atoms with van der Waals surface area (Å²) >= 11 is 5.77. The molecule has 1 aromatic heterocycles. The van der Waals surface area contributed by atoms with Crippen LogP contribution in [0.2, 0.25) is 5.02 Å². The second-order valence-electron chi connectivity index (χ2n) is 3.70. The molecule has 0 aliphatic heterocycles. The normalized spacial score (nSPS) is 10.6. The number of imidazole rings is 1. The lowest BCUT2D eigenvalue weighted by Gasteiger charge is -2.08. The monoisotopic (exact) mass is 253 g/mol. The summed E-state index contributed by atoms with van der Waals surface area (Å²) in [5, 5.41) is 3.25. The summed E-state index contributed by atoms with van der Waals surface area (Å²) in [6.45, 7) is 4.67. The quantitative estimate of drug-likeness (QED) is 0.909. The molecular weight excluding hydrogens is 241 g/mol. The molecule has 17 heavy (non-hydrogen) atoms. The van der Waals surface area contributed by atoms with Crippen molar-refractivity contribution < 1.29 is 4.39 Å². The van der Waals surface area contributed by atoms with Gasteiger partial charge in [-0.1, -0.05) is 11.6 Å². The number of nitrogens with zero attached hydrogens (tertiary/aromatic N) is 2. The summed E-state index contributed by atoms with van der Waals surface area (Å²) in [7, 11) is 0. The van der Waals surface area contributed by atoms with Gasteiger partial charge in [-0.2, -0.15) is 0 Å². The second kappa shape index (κ2) is 4.75. The molecule has 0 saturated heterocycles. The topological polar surface area (TPSA) is 29.9 Å². The zero-order chi connectivity index (χ0) is 12.4. The number of nitrogens with one attached hydrogen (secondary N) is 1. The molecule has 5 heteroatoms. The lowest BCUT2D eigenvalue weighted by atomic mass is 10.3. The Kier molecular flexibility index (Phi) is 3.33. The summed E-state index contributed by atoms with van der Waals surface area (Å²) in [6.07, 6.45) is 1.88. The minimum atomic E-state index is -0.419. The average molecular weight is 254 g/mol. The minimum Gasteiger partial charge on any atom is -0.356 e. The second-order valence-corrected chi connectivity index (χ2v) is 4.11. The Bertz CT molecular complexity index is 537. The Balaban J connectivity index is 2.47. The van der Waals surface area contributed by atoms with Crippen molar-refractivity contribution in [3.8, 4) is 5.69 Å². The van der Waals surface area contributed by atoms with E-state index in [4.69, 9.17) is 11.6 Å². The fourth-order valence-electron chi connectivity index (χ4n) is 1.61. The predicted octanol–water partition coefficient (Wildman–Crippen LogP) is 3.41. The van der Waals surface area contributed by atoms with Crippen LogP contribution in [0.5, 0.6) is 0 Å². The summed E-state index contributed by atoms with van der Waals surface area (Å²) in [5.74, 6) is 0.310. The molecule has 3 nitrogen and oxygen atoms in total. The third kappa shape index (κ3) is 2.42. The van der Waals surface area contributed by atoms with Crippen molar-refractivity contribution in [1.29, 1.82) is 0 Å². The van der Waals surface area contributed by atoms with Crippen molar-refractivity contribution >= 4 is 17.5 Å². The van der Waals surface area contributed by atoms with E-state index in [1.807, 2.05) is 24.6 Å². The zero-order valence-corrected chi connectivity index (χ0v) is 10.4. The first-order valence-electron chi connectivity index (χ1n) is 5.37. The molecule has 0 unspecified atom stereocenters. The molecule has 0 amide bonds. The maximum absolute atomic E-state index is 13.1. The van der Waals surface area contributed by atoms with Crippen molar-refractivity contribution in [3.63, 3.8) is 0 Å². The first kappa shape index (κ1) is 11.9. The van der Waals surface area contributed by atoms with Crippen LogP contribution < -0.4 is 5.32 Å². The van der Waals surface area contributed by atoms with E-state index in [9.17, 15) is 4.39 Å². The Morgan fingerprint density at radius 3 is 2.88 bits per heavy atom. The van der Waals surface area contributed by atoms with E-state index in [1.54, 1.807) is 12.1 Å². The van der Waals surface area contributed by atoms with E-state index in [1.165, 1.54) is 6.07 Å². The largest absolute Gasteiger partial charge is 0.356 e. The molecule has 2 aromatic rings. The zero-order valence-electron chi connectivity index (χ0n) is 9.67. The minimum absolute atomic E-state index is 0.108. The van der Waals surface area contributed by atoms with Crippen LogP contribution >= 0.6 is 11.6 Å². The van der Waals surface area contributed by atoms with Gasteiger partial charge in [-0.15, -0.1) is 0 Å². The highest BCUT2D eigenvalue weighted by atomic mass is 35.5. The standard InChI is InChI=1S/C12H13ClFN3/c1-3-15-12-16-8(2)7-17(12)9-4-5-11(14)10(13)6-9/h4-7H,3H2,1-2H3,(H,15,16). The molecule has 0 aliphatic carbocycles. The highest BCUT2D eigenvalue weighted by Gasteiger charge is 2.08. The Labute approximate surface area is 104 Å². The SMILES string of the molecule is CCNc1nc(C)cn1-c1ccc(F)c(Cl)c1. The lowest BCUT2D eigenvalue weighted by Crippen LogP contribution is -2.05. The third-order valence-corrected chi connectivity index (χ3v) is 2.63. The number of halogens is 2. The average Bonchev–Trinajstić information content (AvgIpc) is 2.64. The molecule has 2 rings (SSSR count). The number of anilines is 1. The molecule has 1 N–H and O–H groups in total. The first-order valence-corrected chi connectivity index (χ1v) is 5.75. The molecule has 0 radical (unpaired) electrons. The number of rotatable bonds is 3. The number of aryl methyl sites for hydroxylation is 1. The van der Waals surface area contributed by atoms with E-state index < -0.39 is 5.82 Å². The van der Waals surface area contributed by atoms with Gasteiger partial charge >= 0.3 is 0 Å². The molecular formula is C12H13ClFN3. The molecule has 0 atom stereocenters. The van der Waals surface area contributed by atoms with Crippen LogP contribution in [0.25, 0.3) is 5.69 Å². The maximum Gasteiger partial charge on any atom is 0.207 e. The molecule has 0 bridgehead atoms. The molecule has 1 aromatic carbocycles. The van der Waals surface area contributed by atoms with E-state index >= 15 is 0 Å². The highest BCUT2D eigenvalue weighted by Crippen LogP contribution is 2.22. The van der Waals surface area contributed by atoms with E-state index in [0.717, 1.165) is 23.9 Å². The Morgan fingerprint density at radius 1 is 1.47 bits per heavy atom. The summed E-state index contributed by atoms with van der Waals surface area (Å²) < 4.78 is 14.9. The fraction of sp³-hybridized carbons (Fsp3) is 0.250. The summed E-state index contributed by atoms with van der Waals surface area (Å²) in [6, 6.07) is 4.60. The van der Waals surface area contributed by atoms with Crippen LogP contribution in [0.4, 0.5) is 10.3 Å². The Morgan fingerprint density at radius 2 is 2.24 bits per heavy atom. The highest BCUT2D eigenvalue weighted by molar-refractivity contribution is 6.30. The van der Waals surface area contributed by atoms with Gasteiger partial charge in [-0.25, -0.2) is 9.37 Å². The van der Waals surface area contributed by atoms with Crippen LogP contribution in [0, 0.1) is 12.7 Å². The molecule has 0 aliphatic rings. The lowest BCUT2D eigenvalue weighted by molar-refractivity contribution is 0.628. The molecule has 90 valence electrons. The van der Waals surface area contributed by atoms with Crippen molar-refractivity contribution in [2.45, 2.75) is 13.8 Å². The van der Waals surface area contributed by atoms with Gasteiger partial charge in [0.25, 0.3) is 0 Å². The van der Waals surface area contributed by atoms with Gasteiger partial charge in [-0.05, 0) is 32.0 Å². The summed E-state index contributed by atoms with van der Waals surface area (Å²) in [5.41, 5.74) is 1.68. The van der Waals surface area contributed by atoms with Gasteiger partial charge in [-0.3, -0.25) is 4.57 Å². The molecule has 0 spiro atoms. The number of aromatic nitrogens is 2. The van der Waals surface area contributed by atoms with Crippen LogP contribution in [0.1, 0.15) is 12.6 Å².